The standard InChI is InChI=1S/C21H13FN2O3/c22-17-11-12(9-10-15(17)21(26)27)13-5-1-2-6-14(13)19-23-18-8-4-3-7-16(18)20(25)24-19/h1-11H,(H,26,27)(H,23,24,25). The summed E-state index contributed by atoms with van der Waals surface area (Å²) in [6, 6.07) is 18.0. The van der Waals surface area contributed by atoms with E-state index in [1.54, 1.807) is 48.5 Å². The Kier molecular flexibility index (Phi) is 4.01. The molecule has 0 saturated heterocycles. The zero-order valence-corrected chi connectivity index (χ0v) is 13.9. The van der Waals surface area contributed by atoms with E-state index in [0.29, 0.717) is 33.4 Å². The third kappa shape index (κ3) is 2.97. The molecule has 4 rings (SSSR count). The van der Waals surface area contributed by atoms with Crippen molar-refractivity contribution in [2.75, 3.05) is 0 Å². The van der Waals surface area contributed by atoms with Gasteiger partial charge in [-0.2, -0.15) is 0 Å². The zero-order chi connectivity index (χ0) is 19.0. The van der Waals surface area contributed by atoms with Crippen LogP contribution in [-0.4, -0.2) is 21.0 Å². The molecule has 0 atom stereocenters. The van der Waals surface area contributed by atoms with Gasteiger partial charge in [0, 0.05) is 5.56 Å². The first-order valence-corrected chi connectivity index (χ1v) is 8.16. The second-order valence-electron chi connectivity index (χ2n) is 5.98. The molecule has 0 aliphatic heterocycles. The molecule has 132 valence electrons. The van der Waals surface area contributed by atoms with Crippen LogP contribution < -0.4 is 5.56 Å². The van der Waals surface area contributed by atoms with E-state index >= 15 is 0 Å². The van der Waals surface area contributed by atoms with Crippen molar-refractivity contribution in [2.24, 2.45) is 0 Å². The summed E-state index contributed by atoms with van der Waals surface area (Å²) < 4.78 is 14.1. The summed E-state index contributed by atoms with van der Waals surface area (Å²) >= 11 is 0. The van der Waals surface area contributed by atoms with Crippen molar-refractivity contribution in [3.05, 3.63) is 88.5 Å². The Morgan fingerprint density at radius 1 is 0.963 bits per heavy atom. The molecule has 6 heteroatoms. The normalized spacial score (nSPS) is 10.9. The van der Waals surface area contributed by atoms with Crippen molar-refractivity contribution < 1.29 is 14.3 Å². The molecule has 2 N–H and O–H groups in total. The van der Waals surface area contributed by atoms with Crippen LogP contribution in [0.2, 0.25) is 0 Å². The SMILES string of the molecule is O=C(O)c1ccc(-c2ccccc2-c2nc3ccccc3c(=O)[nH]2)cc1F. The highest BCUT2D eigenvalue weighted by Crippen LogP contribution is 2.31. The number of carboxylic acids is 1. The van der Waals surface area contributed by atoms with Crippen LogP contribution in [0.3, 0.4) is 0 Å². The number of aromatic nitrogens is 2. The number of aromatic carboxylic acids is 1. The topological polar surface area (TPSA) is 83.0 Å². The van der Waals surface area contributed by atoms with Gasteiger partial charge in [0.05, 0.1) is 16.5 Å². The molecule has 3 aromatic carbocycles. The number of rotatable bonds is 3. The number of carbonyl (C=O) groups is 1. The number of para-hydroxylation sites is 1. The molecule has 0 fully saturated rings. The summed E-state index contributed by atoms with van der Waals surface area (Å²) in [5, 5.41) is 9.48. The molecule has 0 bridgehead atoms. The number of carboxylic acid groups (broad SMARTS) is 1. The number of nitrogens with one attached hydrogen (secondary N) is 1. The highest BCUT2D eigenvalue weighted by molar-refractivity contribution is 5.90. The van der Waals surface area contributed by atoms with Crippen molar-refractivity contribution in [1.29, 1.82) is 0 Å². The number of fused-ring (bicyclic) bond motifs is 1. The van der Waals surface area contributed by atoms with Crippen molar-refractivity contribution in [3.8, 4) is 22.5 Å². The Hall–Kier alpha value is -3.80. The molecule has 0 spiro atoms. The number of halogens is 1. The first kappa shape index (κ1) is 16.7. The summed E-state index contributed by atoms with van der Waals surface area (Å²) in [7, 11) is 0. The average Bonchev–Trinajstić information content (AvgIpc) is 2.67. The lowest BCUT2D eigenvalue weighted by Crippen LogP contribution is -2.09. The minimum Gasteiger partial charge on any atom is -0.478 e. The molecular weight excluding hydrogens is 347 g/mol. The maximum Gasteiger partial charge on any atom is 0.338 e. The van der Waals surface area contributed by atoms with Gasteiger partial charge < -0.3 is 10.1 Å². The van der Waals surface area contributed by atoms with Gasteiger partial charge in [-0.3, -0.25) is 4.79 Å². The summed E-state index contributed by atoms with van der Waals surface area (Å²) in [6.07, 6.45) is 0. The maximum atomic E-state index is 14.1. The summed E-state index contributed by atoms with van der Waals surface area (Å²) in [6.45, 7) is 0. The number of aromatic amines is 1. The maximum absolute atomic E-state index is 14.1. The van der Waals surface area contributed by atoms with Gasteiger partial charge in [0.15, 0.2) is 0 Å². The minimum absolute atomic E-state index is 0.266. The predicted molar refractivity (Wildman–Crippen MR) is 100 cm³/mol. The van der Waals surface area contributed by atoms with Crippen molar-refractivity contribution in [1.82, 2.24) is 9.97 Å². The van der Waals surface area contributed by atoms with Crippen LogP contribution in [-0.2, 0) is 0 Å². The van der Waals surface area contributed by atoms with E-state index in [9.17, 15) is 14.0 Å². The molecule has 5 nitrogen and oxygen atoms in total. The van der Waals surface area contributed by atoms with E-state index in [0.717, 1.165) is 0 Å². The van der Waals surface area contributed by atoms with Gasteiger partial charge in [-0.1, -0.05) is 42.5 Å². The van der Waals surface area contributed by atoms with Gasteiger partial charge in [-0.05, 0) is 35.4 Å². The lowest BCUT2D eigenvalue weighted by atomic mass is 9.97. The molecule has 4 aromatic rings. The number of nitrogens with zero attached hydrogens (tertiary/aromatic N) is 1. The van der Waals surface area contributed by atoms with Gasteiger partial charge in [-0.25, -0.2) is 14.2 Å². The van der Waals surface area contributed by atoms with Gasteiger partial charge in [0.1, 0.15) is 11.6 Å². The van der Waals surface area contributed by atoms with Crippen LogP contribution in [0.5, 0.6) is 0 Å². The van der Waals surface area contributed by atoms with Crippen molar-refractivity contribution >= 4 is 16.9 Å². The molecular formula is C21H13FN2O3. The largest absolute Gasteiger partial charge is 0.478 e. The smallest absolute Gasteiger partial charge is 0.338 e. The van der Waals surface area contributed by atoms with E-state index in [2.05, 4.69) is 9.97 Å². The van der Waals surface area contributed by atoms with Crippen molar-refractivity contribution in [2.45, 2.75) is 0 Å². The Balaban J connectivity index is 1.91. The predicted octanol–water partition coefficient (Wildman–Crippen LogP) is 4.09. The van der Waals surface area contributed by atoms with E-state index in [4.69, 9.17) is 5.11 Å². The van der Waals surface area contributed by atoms with Crippen LogP contribution in [0.25, 0.3) is 33.4 Å². The van der Waals surface area contributed by atoms with Crippen LogP contribution in [0.15, 0.2) is 71.5 Å². The molecule has 1 heterocycles. The zero-order valence-electron chi connectivity index (χ0n) is 13.9. The highest BCUT2D eigenvalue weighted by Gasteiger charge is 2.15. The highest BCUT2D eigenvalue weighted by atomic mass is 19.1. The van der Waals surface area contributed by atoms with Gasteiger partial charge in [-0.15, -0.1) is 0 Å². The Bertz CT molecular complexity index is 1250. The van der Waals surface area contributed by atoms with Crippen molar-refractivity contribution in [3.63, 3.8) is 0 Å². The number of H-pyrrole nitrogens is 1. The van der Waals surface area contributed by atoms with Gasteiger partial charge >= 0.3 is 5.97 Å². The van der Waals surface area contributed by atoms with E-state index in [1.807, 2.05) is 0 Å². The Labute approximate surface area is 152 Å². The summed E-state index contributed by atoms with van der Waals surface area (Å²) in [4.78, 5) is 30.7. The second-order valence-corrected chi connectivity index (χ2v) is 5.98. The summed E-state index contributed by atoms with van der Waals surface area (Å²) in [5.74, 6) is -1.79. The molecule has 1 aromatic heterocycles. The van der Waals surface area contributed by atoms with Gasteiger partial charge in [0.25, 0.3) is 5.56 Å². The quantitative estimate of drug-likeness (QED) is 0.576. The molecule has 27 heavy (non-hydrogen) atoms. The van der Waals surface area contributed by atoms with Gasteiger partial charge in [0.2, 0.25) is 0 Å². The first-order chi connectivity index (χ1) is 13.0. The molecule has 0 amide bonds. The number of benzene rings is 3. The number of hydrogen-bond donors (Lipinski definition) is 2. The average molecular weight is 360 g/mol. The molecule has 0 unspecified atom stereocenters. The third-order valence-corrected chi connectivity index (χ3v) is 4.31. The lowest BCUT2D eigenvalue weighted by Gasteiger charge is -2.11. The Morgan fingerprint density at radius 2 is 1.67 bits per heavy atom. The third-order valence-electron chi connectivity index (χ3n) is 4.31. The number of hydrogen-bond acceptors (Lipinski definition) is 3. The molecule has 0 radical (unpaired) electrons. The van der Waals surface area contributed by atoms with E-state index in [-0.39, 0.29) is 5.56 Å². The van der Waals surface area contributed by atoms with Crippen LogP contribution >= 0.6 is 0 Å². The minimum atomic E-state index is -1.33. The fourth-order valence-corrected chi connectivity index (χ4v) is 3.01. The monoisotopic (exact) mass is 360 g/mol. The van der Waals surface area contributed by atoms with E-state index in [1.165, 1.54) is 18.2 Å². The Morgan fingerprint density at radius 3 is 2.41 bits per heavy atom. The summed E-state index contributed by atoms with van der Waals surface area (Å²) in [5.41, 5.74) is 1.63. The van der Waals surface area contributed by atoms with Crippen LogP contribution in [0.1, 0.15) is 10.4 Å². The first-order valence-electron chi connectivity index (χ1n) is 8.16. The van der Waals surface area contributed by atoms with Crippen LogP contribution in [0, 0.1) is 5.82 Å². The lowest BCUT2D eigenvalue weighted by molar-refractivity contribution is 0.0692. The van der Waals surface area contributed by atoms with E-state index < -0.39 is 17.3 Å². The fraction of sp³-hybridized carbons (Fsp3) is 0. The van der Waals surface area contributed by atoms with Crippen LogP contribution in [0.4, 0.5) is 4.39 Å². The fourth-order valence-electron chi connectivity index (χ4n) is 3.01. The molecule has 0 aliphatic rings. The molecule has 0 aliphatic carbocycles. The second kappa shape index (κ2) is 6.49. The molecule has 0 saturated carbocycles.